The molecule has 0 spiro atoms. The predicted octanol–water partition coefficient (Wildman–Crippen LogP) is 2.46. The number of esters is 1. The number of likely N-dealkylation sites (N-methyl/N-ethyl adjacent to an activating group) is 1. The zero-order valence-electron chi connectivity index (χ0n) is 17.2. The van der Waals surface area contributed by atoms with Gasteiger partial charge in [-0.25, -0.2) is 9.18 Å². The fourth-order valence-corrected chi connectivity index (χ4v) is 2.69. The van der Waals surface area contributed by atoms with Gasteiger partial charge in [0.25, 0.3) is 5.91 Å². The topological polar surface area (TPSA) is 84.9 Å². The minimum atomic E-state index is -0.680. The third kappa shape index (κ3) is 6.58. The maximum absolute atomic E-state index is 12.9. The first kappa shape index (κ1) is 22.9. The van der Waals surface area contributed by atoms with Crippen molar-refractivity contribution in [2.75, 3.05) is 26.8 Å². The van der Waals surface area contributed by atoms with Crippen molar-refractivity contribution in [3.8, 4) is 5.75 Å². The van der Waals surface area contributed by atoms with Crippen LogP contribution in [0.5, 0.6) is 5.75 Å². The number of benzene rings is 2. The first-order valence-electron chi connectivity index (χ1n) is 9.44. The van der Waals surface area contributed by atoms with E-state index >= 15 is 0 Å². The normalized spacial score (nSPS) is 10.3. The molecule has 0 fully saturated rings. The molecule has 0 saturated carbocycles. The molecule has 8 heteroatoms. The van der Waals surface area contributed by atoms with Crippen LogP contribution in [0.4, 0.5) is 4.39 Å². The maximum Gasteiger partial charge on any atom is 0.342 e. The van der Waals surface area contributed by atoms with Crippen molar-refractivity contribution in [1.29, 1.82) is 0 Å². The molecule has 0 bridgehead atoms. The van der Waals surface area contributed by atoms with Crippen LogP contribution in [0.1, 0.15) is 28.4 Å². The number of nitrogens with one attached hydrogen (secondary N) is 1. The highest BCUT2D eigenvalue weighted by atomic mass is 19.1. The lowest BCUT2D eigenvalue weighted by Gasteiger charge is -2.20. The van der Waals surface area contributed by atoms with Gasteiger partial charge in [0.05, 0.1) is 13.7 Å². The zero-order chi connectivity index (χ0) is 22.1. The average Bonchev–Trinajstić information content (AvgIpc) is 2.75. The van der Waals surface area contributed by atoms with E-state index in [0.29, 0.717) is 5.75 Å². The molecule has 1 N–H and O–H groups in total. The Kier molecular flexibility index (Phi) is 8.34. The van der Waals surface area contributed by atoms with Gasteiger partial charge in [-0.3, -0.25) is 9.59 Å². The first-order chi connectivity index (χ1) is 14.3. The summed E-state index contributed by atoms with van der Waals surface area (Å²) in [7, 11) is 1.44. The van der Waals surface area contributed by atoms with Gasteiger partial charge in [0.1, 0.15) is 17.1 Å². The van der Waals surface area contributed by atoms with Crippen molar-refractivity contribution in [3.05, 3.63) is 65.0 Å². The predicted molar refractivity (Wildman–Crippen MR) is 109 cm³/mol. The molecule has 0 atom stereocenters. The maximum atomic E-state index is 12.9. The second-order valence-corrected chi connectivity index (χ2v) is 6.59. The Labute approximate surface area is 174 Å². The smallest absolute Gasteiger partial charge is 0.342 e. The van der Waals surface area contributed by atoms with Crippen LogP contribution in [-0.4, -0.2) is 49.5 Å². The summed E-state index contributed by atoms with van der Waals surface area (Å²) in [6.45, 7) is 3.36. The third-order valence-electron chi connectivity index (χ3n) is 4.37. The molecule has 30 heavy (non-hydrogen) atoms. The number of nitrogens with zero attached hydrogens (tertiary/aromatic N) is 1. The van der Waals surface area contributed by atoms with E-state index in [9.17, 15) is 18.8 Å². The molecule has 0 aromatic heterocycles. The molecule has 160 valence electrons. The Balaban J connectivity index is 1.86. The summed E-state index contributed by atoms with van der Waals surface area (Å²) in [5, 5.41) is 2.67. The minimum Gasteiger partial charge on any atom is -0.496 e. The van der Waals surface area contributed by atoms with Gasteiger partial charge in [-0.05, 0) is 43.7 Å². The van der Waals surface area contributed by atoms with Gasteiger partial charge in [0.2, 0.25) is 5.91 Å². The van der Waals surface area contributed by atoms with Crippen LogP contribution >= 0.6 is 0 Å². The molecular formula is C22H25FN2O5. The molecule has 0 heterocycles. The minimum absolute atomic E-state index is 0.179. The summed E-state index contributed by atoms with van der Waals surface area (Å²) in [6.07, 6.45) is 0. The largest absolute Gasteiger partial charge is 0.496 e. The average molecular weight is 416 g/mol. The van der Waals surface area contributed by atoms with Crippen molar-refractivity contribution in [2.45, 2.75) is 20.4 Å². The molecule has 0 unspecified atom stereocenters. The van der Waals surface area contributed by atoms with Crippen LogP contribution in [0.3, 0.4) is 0 Å². The van der Waals surface area contributed by atoms with Gasteiger partial charge in [-0.2, -0.15) is 0 Å². The van der Waals surface area contributed by atoms with Crippen LogP contribution in [0.2, 0.25) is 0 Å². The molecule has 2 aromatic carbocycles. The Morgan fingerprint density at radius 2 is 1.80 bits per heavy atom. The second kappa shape index (κ2) is 10.9. The number of rotatable bonds is 9. The molecule has 2 amide bonds. The van der Waals surface area contributed by atoms with Gasteiger partial charge in [-0.1, -0.05) is 23.8 Å². The van der Waals surface area contributed by atoms with Gasteiger partial charge in [-0.15, -0.1) is 0 Å². The van der Waals surface area contributed by atoms with Crippen LogP contribution < -0.4 is 10.1 Å². The lowest BCUT2D eigenvalue weighted by molar-refractivity contribution is -0.138. The van der Waals surface area contributed by atoms with E-state index in [0.717, 1.165) is 11.1 Å². The van der Waals surface area contributed by atoms with Crippen molar-refractivity contribution < 1.29 is 28.2 Å². The Morgan fingerprint density at radius 3 is 2.43 bits per heavy atom. The number of ether oxygens (including phenoxy) is 2. The van der Waals surface area contributed by atoms with Crippen molar-refractivity contribution >= 4 is 17.8 Å². The van der Waals surface area contributed by atoms with Crippen LogP contribution in [-0.2, 0) is 20.9 Å². The number of halogens is 1. The Morgan fingerprint density at radius 1 is 1.10 bits per heavy atom. The molecule has 2 aromatic rings. The molecule has 0 saturated heterocycles. The van der Waals surface area contributed by atoms with Crippen molar-refractivity contribution in [1.82, 2.24) is 10.2 Å². The SMILES string of the molecule is CCN(CC(=O)NCc1ccc(F)cc1)C(=O)COC(=O)c1cc(C)ccc1OC. The molecule has 0 aliphatic heterocycles. The Hall–Kier alpha value is -3.42. The molecule has 0 radical (unpaired) electrons. The summed E-state index contributed by atoms with van der Waals surface area (Å²) >= 11 is 0. The van der Waals surface area contributed by atoms with E-state index in [2.05, 4.69) is 5.32 Å². The van der Waals surface area contributed by atoms with Crippen LogP contribution in [0, 0.1) is 12.7 Å². The summed E-state index contributed by atoms with van der Waals surface area (Å²) < 4.78 is 23.2. The quantitative estimate of drug-likeness (QED) is 0.635. The fourth-order valence-electron chi connectivity index (χ4n) is 2.69. The fraction of sp³-hybridized carbons (Fsp3) is 0.318. The summed E-state index contributed by atoms with van der Waals surface area (Å²) in [5.41, 5.74) is 1.81. The van der Waals surface area contributed by atoms with Crippen molar-refractivity contribution in [2.24, 2.45) is 0 Å². The van der Waals surface area contributed by atoms with Gasteiger partial charge in [0.15, 0.2) is 6.61 Å². The number of amides is 2. The van der Waals surface area contributed by atoms with Crippen molar-refractivity contribution in [3.63, 3.8) is 0 Å². The third-order valence-corrected chi connectivity index (χ3v) is 4.37. The second-order valence-electron chi connectivity index (χ2n) is 6.59. The number of carbonyl (C=O) groups is 3. The van der Waals surface area contributed by atoms with E-state index in [-0.39, 0.29) is 36.9 Å². The van der Waals surface area contributed by atoms with Crippen LogP contribution in [0.25, 0.3) is 0 Å². The lowest BCUT2D eigenvalue weighted by atomic mass is 10.1. The monoisotopic (exact) mass is 416 g/mol. The van der Waals surface area contributed by atoms with E-state index in [1.165, 1.54) is 24.1 Å². The summed E-state index contributed by atoms with van der Waals surface area (Å²) in [4.78, 5) is 38.1. The van der Waals surface area contributed by atoms with Gasteiger partial charge in [0, 0.05) is 13.1 Å². The van der Waals surface area contributed by atoms with E-state index in [4.69, 9.17) is 9.47 Å². The molecule has 0 aliphatic carbocycles. The van der Waals surface area contributed by atoms with E-state index in [1.807, 2.05) is 6.92 Å². The number of methoxy groups -OCH3 is 1. The zero-order valence-corrected chi connectivity index (χ0v) is 17.2. The molecule has 2 rings (SSSR count). The Bertz CT molecular complexity index is 899. The van der Waals surface area contributed by atoms with E-state index in [1.54, 1.807) is 37.3 Å². The highest BCUT2D eigenvalue weighted by Crippen LogP contribution is 2.20. The van der Waals surface area contributed by atoms with Gasteiger partial charge >= 0.3 is 5.97 Å². The standard InChI is InChI=1S/C22H25FN2O5/c1-4-25(13-20(26)24-12-16-6-8-17(23)9-7-16)21(27)14-30-22(28)18-11-15(2)5-10-19(18)29-3/h5-11H,4,12-14H2,1-3H3,(H,24,26). The van der Waals surface area contributed by atoms with Crippen LogP contribution in [0.15, 0.2) is 42.5 Å². The summed E-state index contributed by atoms with van der Waals surface area (Å²) in [6, 6.07) is 10.8. The number of hydrogen-bond acceptors (Lipinski definition) is 5. The highest BCUT2D eigenvalue weighted by Gasteiger charge is 2.20. The summed E-state index contributed by atoms with van der Waals surface area (Å²) in [5.74, 6) is -1.55. The first-order valence-corrected chi connectivity index (χ1v) is 9.44. The molecule has 7 nitrogen and oxygen atoms in total. The number of carbonyl (C=O) groups excluding carboxylic acids is 3. The number of hydrogen-bond donors (Lipinski definition) is 1. The number of aryl methyl sites for hydroxylation is 1. The van der Waals surface area contributed by atoms with E-state index < -0.39 is 18.5 Å². The van der Waals surface area contributed by atoms with Gasteiger partial charge < -0.3 is 19.7 Å². The highest BCUT2D eigenvalue weighted by molar-refractivity contribution is 5.94. The lowest BCUT2D eigenvalue weighted by Crippen LogP contribution is -2.42. The molecular weight excluding hydrogens is 391 g/mol. The molecule has 0 aliphatic rings.